The lowest BCUT2D eigenvalue weighted by molar-refractivity contribution is 0.163. The summed E-state index contributed by atoms with van der Waals surface area (Å²) in [4.78, 5) is 4.20. The summed E-state index contributed by atoms with van der Waals surface area (Å²) < 4.78 is 21.5. The first-order valence-corrected chi connectivity index (χ1v) is 6.65. The second-order valence-corrected chi connectivity index (χ2v) is 5.13. The Morgan fingerprint density at radius 3 is 3.00 bits per heavy atom. The summed E-state index contributed by atoms with van der Waals surface area (Å²) in [5.74, 6) is 0.258. The minimum Gasteiger partial charge on any atom is -0.383 e. The molecule has 0 saturated heterocycles. The van der Waals surface area contributed by atoms with E-state index in [2.05, 4.69) is 26.2 Å². The molecule has 0 radical (unpaired) electrons. The number of aromatic nitrogens is 2. The van der Waals surface area contributed by atoms with Crippen LogP contribution in [0.15, 0.2) is 35.1 Å². The van der Waals surface area contributed by atoms with Gasteiger partial charge in [0.25, 0.3) is 0 Å². The lowest BCUT2D eigenvalue weighted by atomic mass is 10.3. The topological polar surface area (TPSA) is 39.1 Å². The van der Waals surface area contributed by atoms with Crippen molar-refractivity contribution in [2.24, 2.45) is 0 Å². The molecule has 1 heterocycles. The first-order chi connectivity index (χ1) is 9.11. The molecule has 19 heavy (non-hydrogen) atoms. The van der Waals surface area contributed by atoms with Crippen LogP contribution >= 0.6 is 15.9 Å². The Morgan fingerprint density at radius 2 is 2.32 bits per heavy atom. The number of anilines is 2. The van der Waals surface area contributed by atoms with Gasteiger partial charge in [0.05, 0.1) is 18.3 Å². The molecule has 0 aliphatic rings. The molecule has 1 aromatic heterocycles. The van der Waals surface area contributed by atoms with Crippen molar-refractivity contribution in [2.75, 3.05) is 19.0 Å². The zero-order valence-electron chi connectivity index (χ0n) is 10.7. The SMILES string of the molecule is COCC(C)n1ccnc1Nc1ccc(Br)cc1F. The molecule has 0 amide bonds. The summed E-state index contributed by atoms with van der Waals surface area (Å²) in [6.45, 7) is 2.57. The molecule has 1 N–H and O–H groups in total. The van der Waals surface area contributed by atoms with Crippen LogP contribution in [0.4, 0.5) is 16.0 Å². The Bertz CT molecular complexity index is 559. The molecular weight excluding hydrogens is 313 g/mol. The number of nitrogens with one attached hydrogen (secondary N) is 1. The molecule has 0 saturated carbocycles. The van der Waals surface area contributed by atoms with E-state index in [1.165, 1.54) is 6.07 Å². The lowest BCUT2D eigenvalue weighted by Crippen LogP contribution is -2.13. The van der Waals surface area contributed by atoms with Crippen LogP contribution in [0, 0.1) is 5.82 Å². The average Bonchev–Trinajstić information content (AvgIpc) is 2.81. The molecule has 0 fully saturated rings. The Morgan fingerprint density at radius 1 is 1.53 bits per heavy atom. The zero-order valence-corrected chi connectivity index (χ0v) is 12.3. The Balaban J connectivity index is 2.21. The number of ether oxygens (including phenoxy) is 1. The number of halogens is 2. The maximum absolute atomic E-state index is 13.8. The first kappa shape index (κ1) is 14.0. The summed E-state index contributed by atoms with van der Waals surface area (Å²) in [6, 6.07) is 4.97. The van der Waals surface area contributed by atoms with Crippen molar-refractivity contribution in [3.05, 3.63) is 40.9 Å². The highest BCUT2D eigenvalue weighted by Gasteiger charge is 2.11. The van der Waals surface area contributed by atoms with E-state index in [9.17, 15) is 4.39 Å². The number of methoxy groups -OCH3 is 1. The molecule has 1 atom stereocenters. The first-order valence-electron chi connectivity index (χ1n) is 5.85. The van der Waals surface area contributed by atoms with Crippen LogP contribution in [-0.4, -0.2) is 23.3 Å². The van der Waals surface area contributed by atoms with Crippen LogP contribution in [0.25, 0.3) is 0 Å². The smallest absolute Gasteiger partial charge is 0.207 e. The quantitative estimate of drug-likeness (QED) is 0.909. The van der Waals surface area contributed by atoms with Gasteiger partial charge < -0.3 is 14.6 Å². The van der Waals surface area contributed by atoms with Gasteiger partial charge >= 0.3 is 0 Å². The van der Waals surface area contributed by atoms with E-state index in [1.54, 1.807) is 25.4 Å². The Kier molecular flexibility index (Phi) is 4.55. The van der Waals surface area contributed by atoms with Crippen molar-refractivity contribution in [3.63, 3.8) is 0 Å². The fourth-order valence-corrected chi connectivity index (χ4v) is 2.13. The Hall–Kier alpha value is -1.40. The van der Waals surface area contributed by atoms with E-state index in [0.717, 1.165) is 0 Å². The van der Waals surface area contributed by atoms with Gasteiger partial charge in [-0.2, -0.15) is 0 Å². The normalized spacial score (nSPS) is 12.4. The van der Waals surface area contributed by atoms with Crippen LogP contribution < -0.4 is 5.32 Å². The number of imidazole rings is 1. The van der Waals surface area contributed by atoms with Crippen molar-refractivity contribution < 1.29 is 9.13 Å². The third-order valence-electron chi connectivity index (χ3n) is 2.73. The standard InChI is InChI=1S/C13H15BrFN3O/c1-9(8-19-2)18-6-5-16-13(18)17-12-4-3-10(14)7-11(12)15/h3-7,9H,8H2,1-2H3,(H,16,17). The van der Waals surface area contributed by atoms with Gasteiger partial charge in [-0.3, -0.25) is 0 Å². The summed E-state index contributed by atoms with van der Waals surface area (Å²) in [5.41, 5.74) is 0.389. The second kappa shape index (κ2) is 6.16. The third-order valence-corrected chi connectivity index (χ3v) is 3.22. The predicted molar refractivity (Wildman–Crippen MR) is 76.2 cm³/mol. The van der Waals surface area contributed by atoms with Crippen molar-refractivity contribution >= 4 is 27.6 Å². The summed E-state index contributed by atoms with van der Waals surface area (Å²) in [5, 5.41) is 2.99. The van der Waals surface area contributed by atoms with Gasteiger partial charge in [0.1, 0.15) is 5.82 Å². The van der Waals surface area contributed by atoms with Gasteiger partial charge in [0.2, 0.25) is 5.95 Å². The summed E-state index contributed by atoms with van der Waals surface area (Å²) in [7, 11) is 1.65. The average molecular weight is 328 g/mol. The minimum absolute atomic E-state index is 0.119. The molecule has 1 unspecified atom stereocenters. The van der Waals surface area contributed by atoms with E-state index in [4.69, 9.17) is 4.74 Å². The summed E-state index contributed by atoms with van der Waals surface area (Å²) >= 11 is 3.23. The highest BCUT2D eigenvalue weighted by molar-refractivity contribution is 9.10. The van der Waals surface area contributed by atoms with Crippen molar-refractivity contribution in [1.29, 1.82) is 0 Å². The van der Waals surface area contributed by atoms with Crippen molar-refractivity contribution in [2.45, 2.75) is 13.0 Å². The number of rotatable bonds is 5. The van der Waals surface area contributed by atoms with Gasteiger partial charge in [-0.05, 0) is 25.1 Å². The summed E-state index contributed by atoms with van der Waals surface area (Å²) in [6.07, 6.45) is 3.51. The zero-order chi connectivity index (χ0) is 13.8. The molecule has 1 aromatic carbocycles. The van der Waals surface area contributed by atoms with Gasteiger partial charge in [-0.25, -0.2) is 9.37 Å². The molecular formula is C13H15BrFN3O. The van der Waals surface area contributed by atoms with Crippen molar-refractivity contribution in [1.82, 2.24) is 9.55 Å². The minimum atomic E-state index is -0.330. The molecule has 4 nitrogen and oxygen atoms in total. The maximum Gasteiger partial charge on any atom is 0.207 e. The fraction of sp³-hybridized carbons (Fsp3) is 0.308. The molecule has 0 aliphatic heterocycles. The number of benzene rings is 1. The van der Waals surface area contributed by atoms with E-state index in [1.807, 2.05) is 17.7 Å². The predicted octanol–water partition coefficient (Wildman–Crippen LogP) is 3.74. The van der Waals surface area contributed by atoms with Crippen LogP contribution in [0.3, 0.4) is 0 Å². The maximum atomic E-state index is 13.8. The van der Waals surface area contributed by atoms with E-state index in [0.29, 0.717) is 22.7 Å². The number of hydrogen-bond acceptors (Lipinski definition) is 3. The Labute approximate surface area is 119 Å². The van der Waals surface area contributed by atoms with E-state index < -0.39 is 0 Å². The number of nitrogens with zero attached hydrogens (tertiary/aromatic N) is 2. The molecule has 0 spiro atoms. The molecule has 102 valence electrons. The molecule has 2 rings (SSSR count). The fourth-order valence-electron chi connectivity index (χ4n) is 1.80. The van der Waals surface area contributed by atoms with Crippen LogP contribution in [0.2, 0.25) is 0 Å². The molecule has 0 bridgehead atoms. The monoisotopic (exact) mass is 327 g/mol. The van der Waals surface area contributed by atoms with Crippen molar-refractivity contribution in [3.8, 4) is 0 Å². The van der Waals surface area contributed by atoms with Gasteiger partial charge in [-0.1, -0.05) is 15.9 Å². The van der Waals surface area contributed by atoms with Gasteiger partial charge in [-0.15, -0.1) is 0 Å². The third kappa shape index (κ3) is 3.33. The van der Waals surface area contributed by atoms with Gasteiger partial charge in [0.15, 0.2) is 0 Å². The van der Waals surface area contributed by atoms with E-state index >= 15 is 0 Å². The largest absolute Gasteiger partial charge is 0.383 e. The molecule has 0 aliphatic carbocycles. The lowest BCUT2D eigenvalue weighted by Gasteiger charge is -2.16. The van der Waals surface area contributed by atoms with Crippen LogP contribution in [0.5, 0.6) is 0 Å². The molecule has 2 aromatic rings. The number of hydrogen-bond donors (Lipinski definition) is 1. The van der Waals surface area contributed by atoms with Crippen LogP contribution in [0.1, 0.15) is 13.0 Å². The molecule has 6 heteroatoms. The van der Waals surface area contributed by atoms with E-state index in [-0.39, 0.29) is 11.9 Å². The van der Waals surface area contributed by atoms with Gasteiger partial charge in [0, 0.05) is 24.0 Å². The second-order valence-electron chi connectivity index (χ2n) is 4.21. The highest BCUT2D eigenvalue weighted by atomic mass is 79.9. The van der Waals surface area contributed by atoms with Crippen LogP contribution in [-0.2, 0) is 4.74 Å². The highest BCUT2D eigenvalue weighted by Crippen LogP contribution is 2.23.